The molecule has 3 aromatic rings. The van der Waals surface area contributed by atoms with Gasteiger partial charge >= 0.3 is 6.01 Å². The molecule has 0 aliphatic carbocycles. The molecule has 3 rings (SSSR count). The van der Waals surface area contributed by atoms with Crippen molar-refractivity contribution in [1.82, 2.24) is 24.4 Å². The van der Waals surface area contributed by atoms with Gasteiger partial charge < -0.3 is 24.8 Å². The summed E-state index contributed by atoms with van der Waals surface area (Å²) in [5, 5.41) is 0. The van der Waals surface area contributed by atoms with Crippen molar-refractivity contribution in [2.75, 3.05) is 46.8 Å². The third-order valence-corrected chi connectivity index (χ3v) is 10.5. The van der Waals surface area contributed by atoms with Gasteiger partial charge in [-0.25, -0.2) is 0 Å². The Hall–Kier alpha value is -4.47. The molecular formula is C50H76N6O3. The summed E-state index contributed by atoms with van der Waals surface area (Å²) in [4.78, 5) is 15.7. The number of rotatable bonds is 28. The number of benzene rings is 1. The van der Waals surface area contributed by atoms with Crippen LogP contribution in [0, 0.1) is 0 Å². The van der Waals surface area contributed by atoms with Crippen LogP contribution in [0.4, 0.5) is 5.82 Å². The minimum Gasteiger partial charge on any atom is -0.468 e. The van der Waals surface area contributed by atoms with E-state index >= 15 is 0 Å². The molecule has 0 bridgehead atoms. The molecule has 0 aliphatic rings. The Bertz CT molecular complexity index is 1890. The lowest BCUT2D eigenvalue weighted by Crippen LogP contribution is -2.19. The number of allylic oxidation sites excluding steroid dienone is 12. The number of anilines is 1. The van der Waals surface area contributed by atoms with Gasteiger partial charge in [-0.1, -0.05) is 94.2 Å². The summed E-state index contributed by atoms with van der Waals surface area (Å²) in [6, 6.07) is 9.28. The van der Waals surface area contributed by atoms with Crippen LogP contribution in [0.15, 0.2) is 94.2 Å². The minimum absolute atomic E-state index is 0.188. The fourth-order valence-electron chi connectivity index (χ4n) is 6.91. The number of imidazole rings is 1. The van der Waals surface area contributed by atoms with Crippen LogP contribution < -0.4 is 15.2 Å². The van der Waals surface area contributed by atoms with E-state index in [1.165, 1.54) is 51.8 Å². The second kappa shape index (κ2) is 27.3. The van der Waals surface area contributed by atoms with Crippen LogP contribution in [0.2, 0.25) is 0 Å². The van der Waals surface area contributed by atoms with E-state index in [0.29, 0.717) is 36.9 Å². The molecule has 0 saturated carbocycles. The highest BCUT2D eigenvalue weighted by Gasteiger charge is 2.18. The van der Waals surface area contributed by atoms with Crippen molar-refractivity contribution in [3.05, 3.63) is 105 Å². The van der Waals surface area contributed by atoms with E-state index in [9.17, 15) is 0 Å². The Balaban J connectivity index is 1.32. The molecule has 0 aliphatic heterocycles. The van der Waals surface area contributed by atoms with Crippen LogP contribution in [0.5, 0.6) is 12.0 Å². The van der Waals surface area contributed by atoms with Crippen LogP contribution >= 0.6 is 0 Å². The van der Waals surface area contributed by atoms with Crippen molar-refractivity contribution in [2.24, 2.45) is 0 Å². The zero-order valence-corrected chi connectivity index (χ0v) is 38.3. The highest BCUT2D eigenvalue weighted by atomic mass is 16.5. The molecule has 324 valence electrons. The van der Waals surface area contributed by atoms with E-state index in [-0.39, 0.29) is 11.8 Å². The molecule has 0 saturated heterocycles. The van der Waals surface area contributed by atoms with Crippen LogP contribution in [-0.2, 0) is 17.8 Å². The number of nitrogens with two attached hydrogens (primary N) is 1. The van der Waals surface area contributed by atoms with Crippen molar-refractivity contribution in [3.8, 4) is 12.0 Å². The number of hydrogen-bond acceptors (Lipinski definition) is 8. The first-order valence-electron chi connectivity index (χ1n) is 21.8. The predicted octanol–water partition coefficient (Wildman–Crippen LogP) is 12.3. The summed E-state index contributed by atoms with van der Waals surface area (Å²) in [6.45, 7) is 19.0. The minimum atomic E-state index is 0.188. The Morgan fingerprint density at radius 2 is 1.15 bits per heavy atom. The summed E-state index contributed by atoms with van der Waals surface area (Å²) in [7, 11) is 5.40. The zero-order valence-electron chi connectivity index (χ0n) is 38.3. The average Bonchev–Trinajstić information content (AvgIpc) is 3.54. The molecule has 0 amide bonds. The first-order chi connectivity index (χ1) is 28.4. The molecule has 9 heteroatoms. The quantitative estimate of drug-likeness (QED) is 0.0572. The maximum absolute atomic E-state index is 6.20. The lowest BCUT2D eigenvalue weighted by Gasteiger charge is -2.17. The summed E-state index contributed by atoms with van der Waals surface area (Å²) in [5.41, 5.74) is 18.6. The normalized spacial score (nSPS) is 13.2. The summed E-state index contributed by atoms with van der Waals surface area (Å²) in [6.07, 6.45) is 28.3. The van der Waals surface area contributed by atoms with Crippen molar-refractivity contribution >= 4 is 17.0 Å². The average molecular weight is 809 g/mol. The molecular weight excluding hydrogens is 733 g/mol. The van der Waals surface area contributed by atoms with Gasteiger partial charge in [-0.05, 0) is 150 Å². The molecule has 1 aromatic carbocycles. The van der Waals surface area contributed by atoms with Gasteiger partial charge in [0.2, 0.25) is 0 Å². The topological polar surface area (TPSA) is 101 Å². The van der Waals surface area contributed by atoms with Gasteiger partial charge in [0.15, 0.2) is 17.0 Å². The number of fused-ring (bicyclic) bond motifs is 1. The van der Waals surface area contributed by atoms with E-state index in [2.05, 4.69) is 136 Å². The maximum Gasteiger partial charge on any atom is 0.320 e. The van der Waals surface area contributed by atoms with Crippen LogP contribution in [0.1, 0.15) is 137 Å². The van der Waals surface area contributed by atoms with Crippen molar-refractivity contribution in [2.45, 2.75) is 139 Å². The first-order valence-corrected chi connectivity index (χ1v) is 21.8. The Kier molecular flexibility index (Phi) is 22.6. The molecule has 2 N–H and O–H groups in total. The maximum atomic E-state index is 6.20. The van der Waals surface area contributed by atoms with Gasteiger partial charge in [0.1, 0.15) is 6.61 Å². The van der Waals surface area contributed by atoms with E-state index < -0.39 is 0 Å². The smallest absolute Gasteiger partial charge is 0.320 e. The van der Waals surface area contributed by atoms with Crippen molar-refractivity contribution in [1.29, 1.82) is 0 Å². The fourth-order valence-corrected chi connectivity index (χ4v) is 6.91. The van der Waals surface area contributed by atoms with Gasteiger partial charge in [0.25, 0.3) is 6.01 Å². The number of ether oxygens (including phenoxy) is 3. The molecule has 59 heavy (non-hydrogen) atoms. The lowest BCUT2D eigenvalue weighted by molar-refractivity contribution is 0.141. The van der Waals surface area contributed by atoms with E-state index in [1.54, 1.807) is 14.2 Å². The standard InChI is InChI=1S/C50H76N6O3/c1-38(2)18-13-21-41(5)24-14-22-39(3)19-11-12-20-40(4)23-15-25-42(6)26-16-27-43(7)28-17-33-55(8)36-44-29-31-45(32-30-44)37-56-48-46(52-50(56)58-10)47(51)53-49(54-48)59-35-34-57-9/h18-20,24-25,27,29-32H,11-17,21-23,26,28,33-37H2,1-10H3,(H2,51,53,54)/b39-19+,40-20+,41-24+,42-25+,43-27+. The second-order valence-corrected chi connectivity index (χ2v) is 16.5. The van der Waals surface area contributed by atoms with E-state index in [1.807, 2.05) is 4.57 Å². The third-order valence-electron chi connectivity index (χ3n) is 10.5. The fraction of sp³-hybridized carbons (Fsp3) is 0.540. The van der Waals surface area contributed by atoms with Gasteiger partial charge in [-0.2, -0.15) is 15.0 Å². The van der Waals surface area contributed by atoms with Gasteiger partial charge in [0.05, 0.1) is 20.3 Å². The lowest BCUT2D eigenvalue weighted by atomic mass is 10.0. The highest BCUT2D eigenvalue weighted by Crippen LogP contribution is 2.27. The number of hydrogen-bond donors (Lipinski definition) is 1. The Morgan fingerprint density at radius 1 is 0.644 bits per heavy atom. The molecule has 0 radical (unpaired) electrons. The monoisotopic (exact) mass is 809 g/mol. The van der Waals surface area contributed by atoms with Gasteiger partial charge in [0, 0.05) is 13.7 Å². The number of nitrogens with zero attached hydrogens (tertiary/aromatic N) is 5. The van der Waals surface area contributed by atoms with Crippen molar-refractivity contribution in [3.63, 3.8) is 0 Å². The van der Waals surface area contributed by atoms with Crippen LogP contribution in [0.25, 0.3) is 11.2 Å². The summed E-state index contributed by atoms with van der Waals surface area (Å²) >= 11 is 0. The molecule has 0 spiro atoms. The second-order valence-electron chi connectivity index (χ2n) is 16.5. The van der Waals surface area contributed by atoms with Gasteiger partial charge in [-0.3, -0.25) is 4.57 Å². The van der Waals surface area contributed by atoms with Crippen LogP contribution in [0.3, 0.4) is 0 Å². The molecule has 0 fully saturated rings. The molecule has 0 atom stereocenters. The van der Waals surface area contributed by atoms with E-state index in [4.69, 9.17) is 19.9 Å². The van der Waals surface area contributed by atoms with E-state index in [0.717, 1.165) is 82.9 Å². The third kappa shape index (κ3) is 19.4. The molecule has 2 aromatic heterocycles. The Labute approximate surface area is 357 Å². The van der Waals surface area contributed by atoms with Gasteiger partial charge in [-0.15, -0.1) is 0 Å². The Morgan fingerprint density at radius 3 is 1.68 bits per heavy atom. The zero-order chi connectivity index (χ0) is 43.0. The highest BCUT2D eigenvalue weighted by molar-refractivity contribution is 5.83. The number of unbranched alkanes of at least 4 members (excludes halogenated alkanes) is 1. The van der Waals surface area contributed by atoms with Crippen molar-refractivity contribution < 1.29 is 14.2 Å². The molecule has 2 heterocycles. The number of aromatic nitrogens is 4. The largest absolute Gasteiger partial charge is 0.468 e. The number of nitrogen functional groups attached to an aromatic ring is 1. The first kappa shape index (κ1) is 48.9. The predicted molar refractivity (Wildman–Crippen MR) is 249 cm³/mol. The molecule has 9 nitrogen and oxygen atoms in total. The molecule has 0 unspecified atom stereocenters. The SMILES string of the molecule is COCCOc1nc(N)c2nc(OC)n(Cc3ccc(CN(C)CCC/C(C)=C/CC/C(C)=C/CC/C(C)=C/CC/C=C(\C)CC/C=C(\C)CCC=C(C)C)cc3)c2n1. The number of methoxy groups -OCH3 is 2. The summed E-state index contributed by atoms with van der Waals surface area (Å²) in [5.74, 6) is 0.247. The summed E-state index contributed by atoms with van der Waals surface area (Å²) < 4.78 is 18.2. The van der Waals surface area contributed by atoms with Crippen LogP contribution in [-0.4, -0.2) is 65.4 Å².